The number of aromatic nitrogens is 4. The van der Waals surface area contributed by atoms with Crippen LogP contribution < -0.4 is 9.30 Å². The number of hydrogen-bond donors (Lipinski definition) is 0. The second-order valence-corrected chi connectivity index (χ2v) is 20.0. The molecule has 0 aliphatic heterocycles. The molecular formula is C63H58N4OPt-2. The Morgan fingerprint density at radius 3 is 1.84 bits per heavy atom. The number of fused-ring (bicyclic) bond motifs is 3. The second kappa shape index (κ2) is 19.3. The van der Waals surface area contributed by atoms with E-state index in [9.17, 15) is 0 Å². The SMILES string of the molecule is CC(C)c1cc(C(C)C)c(-c2cc(Oc3[c-]c4c(cc3)c3ccccc3n4-c3cc(C(C)(C)C)ccn3)[c-]c(-n3[c-][n+](-c4cc(-c5ccccc5)cc(-c5ccccc5)c4)cc3)c2)c(C(C)C)c1.[Pt]. The van der Waals surface area contributed by atoms with Gasteiger partial charge in [-0.15, -0.1) is 35.2 Å². The van der Waals surface area contributed by atoms with E-state index in [0.29, 0.717) is 17.4 Å². The van der Waals surface area contributed by atoms with Gasteiger partial charge in [-0.25, -0.2) is 4.98 Å². The first-order chi connectivity index (χ1) is 32.8. The van der Waals surface area contributed by atoms with Gasteiger partial charge < -0.3 is 13.9 Å². The Hall–Kier alpha value is -6.81. The van der Waals surface area contributed by atoms with Crippen molar-refractivity contribution in [1.82, 2.24) is 14.1 Å². The molecule has 0 atom stereocenters. The van der Waals surface area contributed by atoms with E-state index in [-0.39, 0.29) is 38.3 Å². The van der Waals surface area contributed by atoms with Crippen LogP contribution in [0.3, 0.4) is 0 Å². The molecule has 3 heterocycles. The molecule has 0 amide bonds. The fourth-order valence-corrected chi connectivity index (χ4v) is 9.38. The van der Waals surface area contributed by atoms with Gasteiger partial charge in [0.1, 0.15) is 5.82 Å². The first kappa shape index (κ1) is 47.3. The van der Waals surface area contributed by atoms with Gasteiger partial charge in [0.2, 0.25) is 0 Å². The summed E-state index contributed by atoms with van der Waals surface area (Å²) in [4.78, 5) is 4.91. The molecule has 0 aliphatic carbocycles. The summed E-state index contributed by atoms with van der Waals surface area (Å²) in [5.41, 5.74) is 15.9. The second-order valence-electron chi connectivity index (χ2n) is 20.0. The minimum Gasteiger partial charge on any atom is -0.510 e. The smallest absolute Gasteiger partial charge is 0.267 e. The molecule has 69 heavy (non-hydrogen) atoms. The van der Waals surface area contributed by atoms with Crippen LogP contribution in [0.4, 0.5) is 0 Å². The molecule has 0 N–H and O–H groups in total. The number of nitrogens with zero attached hydrogens (tertiary/aromatic N) is 4. The van der Waals surface area contributed by atoms with Crippen molar-refractivity contribution in [3.05, 3.63) is 211 Å². The van der Waals surface area contributed by atoms with Crippen LogP contribution in [0.15, 0.2) is 170 Å². The van der Waals surface area contributed by atoms with Gasteiger partial charge in [0.05, 0.1) is 5.69 Å². The predicted molar refractivity (Wildman–Crippen MR) is 280 cm³/mol. The van der Waals surface area contributed by atoms with Crippen LogP contribution in [-0.4, -0.2) is 14.1 Å². The van der Waals surface area contributed by atoms with Gasteiger partial charge in [0.25, 0.3) is 6.33 Å². The number of imidazole rings is 1. The summed E-state index contributed by atoms with van der Waals surface area (Å²) >= 11 is 0. The maximum atomic E-state index is 6.98. The van der Waals surface area contributed by atoms with Crippen LogP contribution in [0.1, 0.15) is 102 Å². The average Bonchev–Trinajstić information content (AvgIpc) is 3.97. The van der Waals surface area contributed by atoms with Crippen LogP contribution in [0.2, 0.25) is 0 Å². The summed E-state index contributed by atoms with van der Waals surface area (Å²) in [6, 6.07) is 61.5. The van der Waals surface area contributed by atoms with Crippen molar-refractivity contribution in [3.63, 3.8) is 0 Å². The third-order valence-corrected chi connectivity index (χ3v) is 13.1. The Kier molecular flexibility index (Phi) is 13.2. The minimum absolute atomic E-state index is 0. The number of hydrogen-bond acceptors (Lipinski definition) is 2. The topological polar surface area (TPSA) is 35.9 Å². The van der Waals surface area contributed by atoms with Gasteiger partial charge in [-0.2, -0.15) is 12.1 Å². The molecule has 0 aliphatic rings. The number of pyridine rings is 1. The first-order valence-electron chi connectivity index (χ1n) is 23.9. The van der Waals surface area contributed by atoms with E-state index in [1.165, 1.54) is 27.8 Å². The van der Waals surface area contributed by atoms with E-state index < -0.39 is 0 Å². The van der Waals surface area contributed by atoms with Gasteiger partial charge in [-0.05, 0) is 121 Å². The van der Waals surface area contributed by atoms with E-state index in [0.717, 1.165) is 66.8 Å². The van der Waals surface area contributed by atoms with Crippen LogP contribution >= 0.6 is 0 Å². The Bertz CT molecular complexity index is 3360. The van der Waals surface area contributed by atoms with E-state index in [1.54, 1.807) is 0 Å². The van der Waals surface area contributed by atoms with Crippen molar-refractivity contribution in [3.8, 4) is 62.1 Å². The summed E-state index contributed by atoms with van der Waals surface area (Å²) < 4.78 is 13.3. The first-order valence-corrected chi connectivity index (χ1v) is 23.9. The molecule has 0 unspecified atom stereocenters. The minimum atomic E-state index is -0.0410. The monoisotopic (exact) mass is 1080 g/mol. The number of para-hydroxylation sites is 1. The maximum Gasteiger partial charge on any atom is 0.267 e. The molecule has 7 aromatic carbocycles. The molecule has 5 nitrogen and oxygen atoms in total. The molecular weight excluding hydrogens is 1020 g/mol. The molecule has 0 radical (unpaired) electrons. The molecule has 0 spiro atoms. The van der Waals surface area contributed by atoms with Gasteiger partial charge in [-0.1, -0.05) is 159 Å². The fraction of sp³-hybridized carbons (Fsp3) is 0.206. The normalized spacial score (nSPS) is 11.8. The predicted octanol–water partition coefficient (Wildman–Crippen LogP) is 16.1. The zero-order valence-corrected chi connectivity index (χ0v) is 43.2. The van der Waals surface area contributed by atoms with Crippen molar-refractivity contribution in [2.45, 2.75) is 85.5 Å². The van der Waals surface area contributed by atoms with Crippen LogP contribution in [-0.2, 0) is 26.5 Å². The van der Waals surface area contributed by atoms with E-state index in [1.807, 2.05) is 16.8 Å². The Balaban J connectivity index is 0.00000593. The van der Waals surface area contributed by atoms with Crippen LogP contribution in [0.25, 0.3) is 72.4 Å². The molecule has 0 saturated heterocycles. The number of benzene rings is 7. The fourth-order valence-electron chi connectivity index (χ4n) is 9.38. The zero-order valence-electron chi connectivity index (χ0n) is 40.9. The van der Waals surface area contributed by atoms with Crippen molar-refractivity contribution in [2.24, 2.45) is 0 Å². The molecule has 0 bridgehead atoms. The molecule has 10 rings (SSSR count). The van der Waals surface area contributed by atoms with Gasteiger partial charge >= 0.3 is 0 Å². The summed E-state index contributed by atoms with van der Waals surface area (Å²) in [6.07, 6.45) is 9.72. The third kappa shape index (κ3) is 9.50. The third-order valence-electron chi connectivity index (χ3n) is 13.1. The molecule has 0 fully saturated rings. The Morgan fingerprint density at radius 1 is 0.580 bits per heavy atom. The van der Waals surface area contributed by atoms with Crippen molar-refractivity contribution < 1.29 is 30.4 Å². The summed E-state index contributed by atoms with van der Waals surface area (Å²) in [5, 5.41) is 2.22. The summed E-state index contributed by atoms with van der Waals surface area (Å²) in [6.45, 7) is 20.5. The van der Waals surface area contributed by atoms with Crippen molar-refractivity contribution in [2.75, 3.05) is 0 Å². The van der Waals surface area contributed by atoms with E-state index >= 15 is 0 Å². The summed E-state index contributed by atoms with van der Waals surface area (Å²) in [5.74, 6) is 3.01. The van der Waals surface area contributed by atoms with Gasteiger partial charge in [-0.3, -0.25) is 4.57 Å². The standard InChI is InChI=1S/C63H58N4O.Pt/c1-41(2)46-35-57(42(3)4)62(58(36-46)43(5)6)49-33-52(66-29-28-65(40-66)51-31-47(44-18-12-10-13-19-44)30-48(32-51)45-20-14-11-15-21-45)38-54(34-49)68-53-24-25-56-55-22-16-17-23-59(55)67(60(56)39-53)61-37-50(26-27-64-61)63(7,8)9;/h10-37,41-43H,1-9H3;/q-2;. The number of rotatable bonds is 11. The molecule has 6 heteroatoms. The quantitative estimate of drug-likeness (QED) is 0.0956. The van der Waals surface area contributed by atoms with Crippen LogP contribution in [0, 0.1) is 18.5 Å². The maximum absolute atomic E-state index is 6.98. The summed E-state index contributed by atoms with van der Waals surface area (Å²) in [7, 11) is 0. The number of ether oxygens (including phenoxy) is 1. The average molecular weight is 1080 g/mol. The van der Waals surface area contributed by atoms with E-state index in [4.69, 9.17) is 9.72 Å². The molecule has 348 valence electrons. The largest absolute Gasteiger partial charge is 0.510 e. The van der Waals surface area contributed by atoms with Crippen molar-refractivity contribution >= 4 is 21.8 Å². The molecule has 10 aromatic rings. The zero-order chi connectivity index (χ0) is 47.3. The Morgan fingerprint density at radius 2 is 1.22 bits per heavy atom. The van der Waals surface area contributed by atoms with Gasteiger partial charge in [0, 0.05) is 56.7 Å². The molecule has 3 aromatic heterocycles. The Labute approximate surface area is 422 Å². The van der Waals surface area contributed by atoms with E-state index in [2.05, 4.69) is 248 Å². The van der Waals surface area contributed by atoms with Crippen LogP contribution in [0.5, 0.6) is 11.5 Å². The molecule has 0 saturated carbocycles. The van der Waals surface area contributed by atoms with Crippen molar-refractivity contribution in [1.29, 1.82) is 0 Å². The van der Waals surface area contributed by atoms with Gasteiger partial charge in [0.15, 0.2) is 0 Å².